The molecule has 3 heterocycles. The van der Waals surface area contributed by atoms with Crippen LogP contribution in [0.15, 0.2) is 30.6 Å². The zero-order valence-corrected chi connectivity index (χ0v) is 19.6. The Bertz CT molecular complexity index is 1350. The highest BCUT2D eigenvalue weighted by molar-refractivity contribution is 7.17. The molecule has 3 aromatic heterocycles. The number of hydrogen-bond donors (Lipinski definition) is 3. The van der Waals surface area contributed by atoms with E-state index in [4.69, 9.17) is 9.84 Å². The molecular formula is C22H23N7O4S. The fourth-order valence-corrected chi connectivity index (χ4v) is 4.09. The SMILES string of the molecule is CCOC(=O)c1sc(Nc2nc(NCc3ccc(C(=O)O)cc3)c3ncn(CC)c3n2)nc1C. The van der Waals surface area contributed by atoms with Crippen LogP contribution in [0.4, 0.5) is 16.9 Å². The van der Waals surface area contributed by atoms with Crippen molar-refractivity contribution in [3.05, 3.63) is 52.3 Å². The molecule has 34 heavy (non-hydrogen) atoms. The molecule has 0 aliphatic rings. The van der Waals surface area contributed by atoms with E-state index in [2.05, 4.69) is 30.6 Å². The number of hydrogen-bond acceptors (Lipinski definition) is 10. The second-order valence-electron chi connectivity index (χ2n) is 7.23. The summed E-state index contributed by atoms with van der Waals surface area (Å²) < 4.78 is 6.98. The van der Waals surface area contributed by atoms with E-state index in [9.17, 15) is 9.59 Å². The number of anilines is 3. The number of aryl methyl sites for hydroxylation is 2. The minimum absolute atomic E-state index is 0.224. The van der Waals surface area contributed by atoms with Gasteiger partial charge in [0.15, 0.2) is 22.1 Å². The molecule has 4 aromatic rings. The van der Waals surface area contributed by atoms with Crippen LogP contribution in [0.25, 0.3) is 11.2 Å². The Labute approximate surface area is 198 Å². The first-order valence-corrected chi connectivity index (χ1v) is 11.4. The van der Waals surface area contributed by atoms with Gasteiger partial charge in [-0.1, -0.05) is 23.5 Å². The zero-order chi connectivity index (χ0) is 24.2. The zero-order valence-electron chi connectivity index (χ0n) is 18.8. The highest BCUT2D eigenvalue weighted by Gasteiger charge is 2.18. The monoisotopic (exact) mass is 481 g/mol. The summed E-state index contributed by atoms with van der Waals surface area (Å²) in [4.78, 5) is 41.6. The summed E-state index contributed by atoms with van der Waals surface area (Å²) in [6.45, 7) is 6.85. The summed E-state index contributed by atoms with van der Waals surface area (Å²) in [5, 5.41) is 15.9. The number of rotatable bonds is 9. The first-order valence-electron chi connectivity index (χ1n) is 10.6. The van der Waals surface area contributed by atoms with Gasteiger partial charge in [0.05, 0.1) is 24.2 Å². The van der Waals surface area contributed by atoms with Crippen LogP contribution in [-0.4, -0.2) is 48.2 Å². The molecule has 0 fully saturated rings. The number of aromatic nitrogens is 5. The molecule has 176 valence electrons. The Morgan fingerprint density at radius 3 is 2.59 bits per heavy atom. The van der Waals surface area contributed by atoms with Gasteiger partial charge in [-0.3, -0.25) is 5.32 Å². The van der Waals surface area contributed by atoms with Gasteiger partial charge in [0.2, 0.25) is 5.95 Å². The predicted molar refractivity (Wildman–Crippen MR) is 128 cm³/mol. The third kappa shape index (κ3) is 4.81. The first-order chi connectivity index (χ1) is 16.4. The number of fused-ring (bicyclic) bond motifs is 1. The summed E-state index contributed by atoms with van der Waals surface area (Å²) in [5.74, 6) is -0.569. The van der Waals surface area contributed by atoms with Gasteiger partial charge < -0.3 is 19.7 Å². The number of carbonyl (C=O) groups is 2. The van der Waals surface area contributed by atoms with Gasteiger partial charge in [0.25, 0.3) is 0 Å². The van der Waals surface area contributed by atoms with Crippen molar-refractivity contribution in [1.29, 1.82) is 0 Å². The van der Waals surface area contributed by atoms with Crippen molar-refractivity contribution in [2.75, 3.05) is 17.2 Å². The minimum Gasteiger partial charge on any atom is -0.478 e. The lowest BCUT2D eigenvalue weighted by Gasteiger charge is -2.10. The highest BCUT2D eigenvalue weighted by Crippen LogP contribution is 2.28. The Morgan fingerprint density at radius 1 is 1.15 bits per heavy atom. The van der Waals surface area contributed by atoms with Crippen molar-refractivity contribution in [1.82, 2.24) is 24.5 Å². The van der Waals surface area contributed by atoms with Gasteiger partial charge in [0.1, 0.15) is 4.88 Å². The largest absolute Gasteiger partial charge is 0.478 e. The maximum Gasteiger partial charge on any atom is 0.350 e. The highest BCUT2D eigenvalue weighted by atomic mass is 32.1. The van der Waals surface area contributed by atoms with Gasteiger partial charge in [-0.25, -0.2) is 19.6 Å². The lowest BCUT2D eigenvalue weighted by Crippen LogP contribution is -2.07. The van der Waals surface area contributed by atoms with Crippen molar-refractivity contribution >= 4 is 51.3 Å². The molecule has 0 atom stereocenters. The van der Waals surface area contributed by atoms with Crippen LogP contribution >= 0.6 is 11.3 Å². The molecule has 0 aliphatic carbocycles. The molecule has 0 spiro atoms. The molecule has 0 bridgehead atoms. The number of carboxylic acid groups (broad SMARTS) is 1. The van der Waals surface area contributed by atoms with Crippen LogP contribution in [-0.2, 0) is 17.8 Å². The van der Waals surface area contributed by atoms with Gasteiger partial charge in [0, 0.05) is 13.1 Å². The first kappa shape index (κ1) is 23.1. The minimum atomic E-state index is -0.971. The number of aromatic carboxylic acids is 1. The number of carboxylic acids is 1. The summed E-state index contributed by atoms with van der Waals surface area (Å²) in [7, 11) is 0. The second-order valence-corrected chi connectivity index (χ2v) is 8.23. The van der Waals surface area contributed by atoms with Gasteiger partial charge in [-0.2, -0.15) is 9.97 Å². The summed E-state index contributed by atoms with van der Waals surface area (Å²) >= 11 is 1.17. The van der Waals surface area contributed by atoms with E-state index in [1.165, 1.54) is 11.3 Å². The second kappa shape index (κ2) is 9.83. The number of carbonyl (C=O) groups excluding carboxylic acids is 1. The Morgan fingerprint density at radius 2 is 1.91 bits per heavy atom. The van der Waals surface area contributed by atoms with Crippen molar-refractivity contribution in [3.63, 3.8) is 0 Å². The molecule has 3 N–H and O–H groups in total. The van der Waals surface area contributed by atoms with E-state index in [1.807, 2.05) is 11.5 Å². The summed E-state index contributed by atoms with van der Waals surface area (Å²) in [5.41, 5.74) is 2.92. The number of esters is 1. The standard InChI is InChI=1S/C22H23N7O4S/c1-4-29-11-24-15-17(23-10-13-6-8-14(9-7-13)19(30)31)26-21(27-18(15)29)28-22-25-12(3)16(34-22)20(32)33-5-2/h6-9,11H,4-5,10H2,1-3H3,(H,30,31)(H2,23,25,26,27,28). The number of nitrogens with zero attached hydrogens (tertiary/aromatic N) is 5. The molecule has 0 saturated carbocycles. The maximum atomic E-state index is 12.1. The van der Waals surface area contributed by atoms with Crippen molar-refractivity contribution in [2.45, 2.75) is 33.9 Å². The van der Waals surface area contributed by atoms with Crippen LogP contribution in [0.5, 0.6) is 0 Å². The van der Waals surface area contributed by atoms with Crippen molar-refractivity contribution in [2.24, 2.45) is 0 Å². The quantitative estimate of drug-likeness (QED) is 0.302. The van der Waals surface area contributed by atoms with E-state index in [0.29, 0.717) is 51.7 Å². The predicted octanol–water partition coefficient (Wildman–Crippen LogP) is 3.84. The third-order valence-corrected chi connectivity index (χ3v) is 5.99. The molecule has 0 saturated heterocycles. The number of benzene rings is 1. The van der Waals surface area contributed by atoms with Crippen molar-refractivity contribution in [3.8, 4) is 0 Å². The third-order valence-electron chi connectivity index (χ3n) is 4.94. The topological polar surface area (TPSA) is 144 Å². The number of nitrogens with one attached hydrogen (secondary N) is 2. The fourth-order valence-electron chi connectivity index (χ4n) is 3.24. The molecule has 0 radical (unpaired) electrons. The van der Waals surface area contributed by atoms with Crippen LogP contribution in [0.2, 0.25) is 0 Å². The smallest absolute Gasteiger partial charge is 0.350 e. The van der Waals surface area contributed by atoms with Crippen LogP contribution in [0.3, 0.4) is 0 Å². The van der Waals surface area contributed by atoms with Crippen molar-refractivity contribution < 1.29 is 19.4 Å². The van der Waals surface area contributed by atoms with E-state index in [0.717, 1.165) is 5.56 Å². The molecule has 11 nitrogen and oxygen atoms in total. The number of ether oxygens (including phenoxy) is 1. The summed E-state index contributed by atoms with van der Waals surface area (Å²) in [6.07, 6.45) is 1.70. The molecule has 12 heteroatoms. The molecule has 4 rings (SSSR count). The van der Waals surface area contributed by atoms with E-state index in [-0.39, 0.29) is 12.2 Å². The normalized spacial score (nSPS) is 10.9. The Balaban J connectivity index is 1.61. The van der Waals surface area contributed by atoms with E-state index in [1.54, 1.807) is 44.4 Å². The van der Waals surface area contributed by atoms with Crippen LogP contribution in [0, 0.1) is 6.92 Å². The number of imidazole rings is 1. The lowest BCUT2D eigenvalue weighted by molar-refractivity contribution is 0.0530. The fraction of sp³-hybridized carbons (Fsp3) is 0.273. The lowest BCUT2D eigenvalue weighted by atomic mass is 10.1. The van der Waals surface area contributed by atoms with Crippen LogP contribution in [0.1, 0.15) is 45.1 Å². The van der Waals surface area contributed by atoms with Gasteiger partial charge >= 0.3 is 11.9 Å². The Kier molecular flexibility index (Phi) is 6.68. The molecule has 0 aliphatic heterocycles. The van der Waals surface area contributed by atoms with Gasteiger partial charge in [-0.15, -0.1) is 0 Å². The molecule has 0 amide bonds. The number of thiazole rings is 1. The van der Waals surface area contributed by atoms with Crippen LogP contribution < -0.4 is 10.6 Å². The molecule has 0 unspecified atom stereocenters. The average Bonchev–Trinajstić information content (AvgIpc) is 3.40. The molecular weight excluding hydrogens is 458 g/mol. The van der Waals surface area contributed by atoms with E-state index >= 15 is 0 Å². The Hall–Kier alpha value is -4.06. The average molecular weight is 482 g/mol. The summed E-state index contributed by atoms with van der Waals surface area (Å²) in [6, 6.07) is 6.60. The maximum absolute atomic E-state index is 12.1. The van der Waals surface area contributed by atoms with E-state index < -0.39 is 11.9 Å². The molecule has 1 aromatic carbocycles. The van der Waals surface area contributed by atoms with Gasteiger partial charge in [-0.05, 0) is 38.5 Å².